The molecule has 6 nitrogen and oxygen atoms in total. The van der Waals surface area contributed by atoms with Gasteiger partial charge in [-0.15, -0.1) is 0 Å². The van der Waals surface area contributed by atoms with Gasteiger partial charge in [0.2, 0.25) is 12.3 Å². The molecular weight excluding hydrogens is 332 g/mol. The van der Waals surface area contributed by atoms with Crippen molar-refractivity contribution in [1.82, 2.24) is 10.2 Å². The van der Waals surface area contributed by atoms with Gasteiger partial charge in [0.1, 0.15) is 0 Å². The highest BCUT2D eigenvalue weighted by molar-refractivity contribution is 6.30. The molecule has 1 aromatic carbocycles. The summed E-state index contributed by atoms with van der Waals surface area (Å²) in [7, 11) is 0. The number of rotatable bonds is 8. The number of nitrogens with zero attached hydrogens (tertiary/aromatic N) is 1. The number of carboxylic acid groups (broad SMARTS) is 1. The molecule has 0 spiro atoms. The third kappa shape index (κ3) is 4.47. The van der Waals surface area contributed by atoms with Crippen LogP contribution in [0.1, 0.15) is 31.7 Å². The highest BCUT2D eigenvalue weighted by Gasteiger charge is 2.46. The Bertz CT molecular complexity index is 612. The van der Waals surface area contributed by atoms with Crippen molar-refractivity contribution in [2.75, 3.05) is 6.54 Å². The van der Waals surface area contributed by atoms with E-state index in [1.165, 1.54) is 0 Å². The summed E-state index contributed by atoms with van der Waals surface area (Å²) in [6.45, 7) is 2.28. The van der Waals surface area contributed by atoms with Crippen molar-refractivity contribution < 1.29 is 19.5 Å². The molecule has 2 amide bonds. The van der Waals surface area contributed by atoms with Gasteiger partial charge in [0.25, 0.3) is 0 Å². The zero-order chi connectivity index (χ0) is 17.7. The van der Waals surface area contributed by atoms with E-state index < -0.39 is 11.5 Å². The largest absolute Gasteiger partial charge is 0.481 e. The lowest BCUT2D eigenvalue weighted by atomic mass is 9.67. The number of carboxylic acids is 1. The van der Waals surface area contributed by atoms with Gasteiger partial charge in [0.15, 0.2) is 0 Å². The third-order valence-corrected chi connectivity index (χ3v) is 4.72. The van der Waals surface area contributed by atoms with E-state index in [1.54, 1.807) is 17.0 Å². The number of carbonyl (C=O) groups excluding carboxylic acids is 2. The van der Waals surface area contributed by atoms with E-state index in [4.69, 9.17) is 16.7 Å². The lowest BCUT2D eigenvalue weighted by Crippen LogP contribution is -2.58. The van der Waals surface area contributed by atoms with Gasteiger partial charge >= 0.3 is 5.97 Å². The van der Waals surface area contributed by atoms with Gasteiger partial charge in [0.05, 0.1) is 6.54 Å². The Morgan fingerprint density at radius 3 is 2.54 bits per heavy atom. The van der Waals surface area contributed by atoms with Crippen molar-refractivity contribution in [2.24, 2.45) is 5.92 Å². The molecule has 0 aromatic heterocycles. The van der Waals surface area contributed by atoms with Crippen molar-refractivity contribution in [3.63, 3.8) is 0 Å². The Kier molecular flexibility index (Phi) is 5.83. The number of aliphatic carboxylic acids is 1. The smallest absolute Gasteiger partial charge is 0.303 e. The maximum atomic E-state index is 12.5. The predicted octanol–water partition coefficient (Wildman–Crippen LogP) is 2.06. The molecule has 2 N–H and O–H groups in total. The van der Waals surface area contributed by atoms with E-state index in [0.29, 0.717) is 30.8 Å². The van der Waals surface area contributed by atoms with Gasteiger partial charge < -0.3 is 15.3 Å². The minimum absolute atomic E-state index is 0.0731. The van der Waals surface area contributed by atoms with Crippen LogP contribution in [0.5, 0.6) is 0 Å². The average molecular weight is 353 g/mol. The summed E-state index contributed by atoms with van der Waals surface area (Å²) in [5.74, 6) is -0.930. The molecule has 0 bridgehead atoms. The summed E-state index contributed by atoms with van der Waals surface area (Å²) in [5, 5.41) is 11.9. The molecule has 0 saturated heterocycles. The van der Waals surface area contributed by atoms with E-state index >= 15 is 0 Å². The van der Waals surface area contributed by atoms with E-state index in [-0.39, 0.29) is 24.8 Å². The summed E-state index contributed by atoms with van der Waals surface area (Å²) in [6.07, 6.45) is 1.89. The first kappa shape index (κ1) is 18.3. The number of carbonyl (C=O) groups is 3. The number of hydrogen-bond donors (Lipinski definition) is 2. The van der Waals surface area contributed by atoms with E-state index in [1.807, 2.05) is 19.1 Å². The number of benzene rings is 1. The zero-order valence-corrected chi connectivity index (χ0v) is 14.3. The van der Waals surface area contributed by atoms with Crippen LogP contribution in [0.2, 0.25) is 5.02 Å². The Hall–Kier alpha value is -2.08. The molecule has 1 fully saturated rings. The van der Waals surface area contributed by atoms with Crippen molar-refractivity contribution in [3.8, 4) is 0 Å². The van der Waals surface area contributed by atoms with Crippen LogP contribution < -0.4 is 5.32 Å². The Balaban J connectivity index is 2.11. The first-order valence-corrected chi connectivity index (χ1v) is 8.15. The first-order valence-electron chi connectivity index (χ1n) is 7.78. The number of nitrogens with one attached hydrogen (secondary N) is 1. The average Bonchev–Trinajstić information content (AvgIpc) is 2.49. The van der Waals surface area contributed by atoms with Crippen molar-refractivity contribution >= 4 is 29.9 Å². The molecule has 0 aliphatic heterocycles. The van der Waals surface area contributed by atoms with E-state index in [0.717, 1.165) is 5.56 Å². The summed E-state index contributed by atoms with van der Waals surface area (Å²) in [5.41, 5.74) is 0.531. The molecular formula is C17H21ClN2O4. The Labute approximate surface area is 145 Å². The molecule has 1 saturated carbocycles. The second-order valence-electron chi connectivity index (χ2n) is 6.47. The second-order valence-corrected chi connectivity index (χ2v) is 6.91. The maximum absolute atomic E-state index is 12.5. The van der Waals surface area contributed by atoms with Gasteiger partial charge in [-0.2, -0.15) is 0 Å². The fourth-order valence-corrected chi connectivity index (χ4v) is 3.50. The fourth-order valence-electron chi connectivity index (χ4n) is 3.37. The minimum atomic E-state index is -0.819. The van der Waals surface area contributed by atoms with E-state index in [9.17, 15) is 14.4 Å². The zero-order valence-electron chi connectivity index (χ0n) is 13.5. The lowest BCUT2D eigenvalue weighted by Gasteiger charge is -2.52. The van der Waals surface area contributed by atoms with Crippen LogP contribution in [0.4, 0.5) is 0 Å². The first-order chi connectivity index (χ1) is 11.3. The van der Waals surface area contributed by atoms with Crippen molar-refractivity contribution in [3.05, 3.63) is 34.9 Å². The number of halogens is 1. The molecule has 130 valence electrons. The molecule has 0 radical (unpaired) electrons. The summed E-state index contributed by atoms with van der Waals surface area (Å²) in [4.78, 5) is 35.5. The Morgan fingerprint density at radius 1 is 1.38 bits per heavy atom. The lowest BCUT2D eigenvalue weighted by molar-refractivity contribution is -0.147. The second kappa shape index (κ2) is 7.66. The molecule has 2 rings (SSSR count). The van der Waals surface area contributed by atoms with Crippen LogP contribution in [0.15, 0.2) is 24.3 Å². The highest BCUT2D eigenvalue weighted by Crippen LogP contribution is 2.44. The van der Waals surface area contributed by atoms with Gasteiger partial charge in [-0.25, -0.2) is 0 Å². The van der Waals surface area contributed by atoms with Gasteiger partial charge in [-0.3, -0.25) is 14.4 Å². The highest BCUT2D eigenvalue weighted by atomic mass is 35.5. The van der Waals surface area contributed by atoms with Gasteiger partial charge in [-0.05, 0) is 43.4 Å². The fraction of sp³-hybridized carbons (Fsp3) is 0.471. The van der Waals surface area contributed by atoms with Crippen LogP contribution in [0, 0.1) is 5.92 Å². The van der Waals surface area contributed by atoms with Crippen LogP contribution in [-0.2, 0) is 20.9 Å². The van der Waals surface area contributed by atoms with Crippen molar-refractivity contribution in [2.45, 2.75) is 38.3 Å². The van der Waals surface area contributed by atoms with Crippen molar-refractivity contribution in [1.29, 1.82) is 0 Å². The molecule has 0 unspecified atom stereocenters. The monoisotopic (exact) mass is 352 g/mol. The molecule has 1 aromatic rings. The molecule has 1 aliphatic carbocycles. The van der Waals surface area contributed by atoms with Crippen LogP contribution in [-0.4, -0.2) is 40.4 Å². The summed E-state index contributed by atoms with van der Waals surface area (Å²) < 4.78 is 0. The standard InChI is InChI=1S/C17H21ClN2O4/c1-17(7-13(8-17)6-16(23)24)20(15(22)9-19-11-21)10-12-2-4-14(18)5-3-12/h2-5,11,13H,6-10H2,1H3,(H,19,21)(H,23,24). The normalized spacial score (nSPS) is 22.3. The Morgan fingerprint density at radius 2 is 2.00 bits per heavy atom. The van der Waals surface area contributed by atoms with Crippen LogP contribution in [0.3, 0.4) is 0 Å². The topological polar surface area (TPSA) is 86.7 Å². The maximum Gasteiger partial charge on any atom is 0.303 e. The molecule has 0 atom stereocenters. The number of hydrogen-bond acceptors (Lipinski definition) is 3. The quantitative estimate of drug-likeness (QED) is 0.701. The predicted molar refractivity (Wildman–Crippen MR) is 89.5 cm³/mol. The molecule has 1 aliphatic rings. The van der Waals surface area contributed by atoms with Crippen LogP contribution in [0.25, 0.3) is 0 Å². The minimum Gasteiger partial charge on any atom is -0.481 e. The number of amides is 2. The van der Waals surface area contributed by atoms with Crippen LogP contribution >= 0.6 is 11.6 Å². The molecule has 7 heteroatoms. The van der Waals surface area contributed by atoms with Gasteiger partial charge in [0, 0.05) is 23.5 Å². The molecule has 0 heterocycles. The summed E-state index contributed by atoms with van der Waals surface area (Å²) >= 11 is 5.89. The SMILES string of the molecule is CC1(N(Cc2ccc(Cl)cc2)C(=O)CNC=O)CC(CC(=O)O)C1. The molecule has 24 heavy (non-hydrogen) atoms. The van der Waals surface area contributed by atoms with E-state index in [2.05, 4.69) is 5.32 Å². The summed E-state index contributed by atoms with van der Waals surface area (Å²) in [6, 6.07) is 7.23. The third-order valence-electron chi connectivity index (χ3n) is 4.46. The van der Waals surface area contributed by atoms with Gasteiger partial charge in [-0.1, -0.05) is 23.7 Å².